The van der Waals surface area contributed by atoms with E-state index in [1.54, 1.807) is 0 Å². The third kappa shape index (κ3) is 1.47. The van der Waals surface area contributed by atoms with Gasteiger partial charge in [-0.05, 0) is 12.8 Å². The van der Waals surface area contributed by atoms with Crippen LogP contribution in [0.1, 0.15) is 12.8 Å². The number of rotatable bonds is 2. The monoisotopic (exact) mass is 164 g/mol. The number of nitrogens with two attached hydrogens (primary N) is 1. The maximum atomic E-state index is 11.0. The van der Waals surface area contributed by atoms with Crippen molar-refractivity contribution < 1.29 is 8.42 Å². The van der Waals surface area contributed by atoms with E-state index in [1.165, 1.54) is 4.31 Å². The molecule has 0 atom stereocenters. The minimum absolute atomic E-state index is 0.257. The van der Waals surface area contributed by atoms with Gasteiger partial charge in [-0.1, -0.05) is 0 Å². The van der Waals surface area contributed by atoms with Crippen LogP contribution in [0.15, 0.2) is 0 Å². The van der Waals surface area contributed by atoms with E-state index in [0.717, 1.165) is 12.8 Å². The van der Waals surface area contributed by atoms with Crippen molar-refractivity contribution in [1.82, 2.24) is 4.31 Å². The van der Waals surface area contributed by atoms with E-state index in [2.05, 4.69) is 0 Å². The lowest BCUT2D eigenvalue weighted by Gasteiger charge is -2.12. The zero-order valence-corrected chi connectivity index (χ0v) is 6.60. The molecule has 1 rings (SSSR count). The van der Waals surface area contributed by atoms with Gasteiger partial charge in [0, 0.05) is 13.1 Å². The van der Waals surface area contributed by atoms with Gasteiger partial charge in [-0.3, -0.25) is 0 Å². The number of nitrogens with zero attached hydrogens (tertiary/aromatic N) is 1. The van der Waals surface area contributed by atoms with E-state index >= 15 is 0 Å². The summed E-state index contributed by atoms with van der Waals surface area (Å²) in [4.78, 5) is 0. The van der Waals surface area contributed by atoms with Crippen molar-refractivity contribution >= 4 is 10.0 Å². The normalized spacial score (nSPS) is 21.7. The van der Waals surface area contributed by atoms with Gasteiger partial charge in [0.25, 0.3) is 0 Å². The summed E-state index contributed by atoms with van der Waals surface area (Å²) in [5.74, 6) is -0.257. The number of hydrogen-bond acceptors (Lipinski definition) is 3. The highest BCUT2D eigenvalue weighted by atomic mass is 32.2. The van der Waals surface area contributed by atoms with Crippen molar-refractivity contribution in [2.24, 2.45) is 5.73 Å². The number of sulfonamides is 1. The first-order chi connectivity index (χ1) is 4.67. The van der Waals surface area contributed by atoms with Crippen LogP contribution >= 0.6 is 0 Å². The van der Waals surface area contributed by atoms with Crippen LogP contribution in [0.5, 0.6) is 0 Å². The van der Waals surface area contributed by atoms with Crippen molar-refractivity contribution in [2.45, 2.75) is 12.8 Å². The highest BCUT2D eigenvalue weighted by Crippen LogP contribution is 2.11. The molecular formula is C5H12N2O2S. The first-order valence-corrected chi connectivity index (χ1v) is 4.95. The van der Waals surface area contributed by atoms with Gasteiger partial charge in [-0.15, -0.1) is 0 Å². The maximum Gasteiger partial charge on any atom is 0.226 e. The zero-order valence-electron chi connectivity index (χ0n) is 5.78. The van der Waals surface area contributed by atoms with Crippen LogP contribution in [0.4, 0.5) is 0 Å². The molecule has 1 saturated heterocycles. The van der Waals surface area contributed by atoms with E-state index < -0.39 is 10.0 Å². The highest BCUT2D eigenvalue weighted by molar-refractivity contribution is 7.89. The standard InChI is InChI=1S/C5H12N2O2S/c6-5-10(8,9)7-3-1-2-4-7/h1-6H2. The Labute approximate surface area is 61.1 Å². The minimum atomic E-state index is -3.09. The molecule has 2 N–H and O–H groups in total. The Balaban J connectivity index is 2.63. The summed E-state index contributed by atoms with van der Waals surface area (Å²) in [5.41, 5.74) is 5.06. The molecule has 10 heavy (non-hydrogen) atoms. The van der Waals surface area contributed by atoms with Gasteiger partial charge in [-0.25, -0.2) is 12.7 Å². The largest absolute Gasteiger partial charge is 0.317 e. The first kappa shape index (κ1) is 7.97. The molecule has 0 aromatic heterocycles. The molecule has 0 bridgehead atoms. The molecule has 0 aromatic rings. The van der Waals surface area contributed by atoms with Crippen LogP contribution in [0.3, 0.4) is 0 Å². The smallest absolute Gasteiger partial charge is 0.226 e. The van der Waals surface area contributed by atoms with E-state index in [-0.39, 0.29) is 5.88 Å². The Hall–Kier alpha value is -0.130. The van der Waals surface area contributed by atoms with Crippen molar-refractivity contribution in [3.8, 4) is 0 Å². The maximum absolute atomic E-state index is 11.0. The molecule has 0 unspecified atom stereocenters. The highest BCUT2D eigenvalue weighted by Gasteiger charge is 2.22. The quantitative estimate of drug-likeness (QED) is 0.588. The average Bonchev–Trinajstić information content (AvgIpc) is 2.38. The summed E-state index contributed by atoms with van der Waals surface area (Å²) >= 11 is 0. The Morgan fingerprint density at radius 3 is 2.20 bits per heavy atom. The third-order valence-corrected chi connectivity index (χ3v) is 3.24. The van der Waals surface area contributed by atoms with Gasteiger partial charge >= 0.3 is 0 Å². The van der Waals surface area contributed by atoms with E-state index in [4.69, 9.17) is 5.73 Å². The van der Waals surface area contributed by atoms with Crippen molar-refractivity contribution in [1.29, 1.82) is 0 Å². The second-order valence-electron chi connectivity index (χ2n) is 2.38. The van der Waals surface area contributed by atoms with Crippen LogP contribution in [0.25, 0.3) is 0 Å². The summed E-state index contributed by atoms with van der Waals surface area (Å²) in [6, 6.07) is 0. The molecule has 1 aliphatic heterocycles. The van der Waals surface area contributed by atoms with Crippen LogP contribution < -0.4 is 5.73 Å². The molecule has 0 aliphatic carbocycles. The lowest BCUT2D eigenvalue weighted by Crippen LogP contribution is -2.33. The van der Waals surface area contributed by atoms with E-state index in [9.17, 15) is 8.42 Å². The second-order valence-corrected chi connectivity index (χ2v) is 4.40. The fraction of sp³-hybridized carbons (Fsp3) is 1.00. The van der Waals surface area contributed by atoms with Crippen molar-refractivity contribution in [3.63, 3.8) is 0 Å². The summed E-state index contributed by atoms with van der Waals surface area (Å²) in [7, 11) is -3.09. The SMILES string of the molecule is NCS(=O)(=O)N1CCCC1. The molecule has 0 aromatic carbocycles. The predicted octanol–water partition coefficient (Wildman–Crippen LogP) is -0.672. The molecule has 5 heteroatoms. The molecule has 0 saturated carbocycles. The molecule has 1 heterocycles. The molecule has 0 spiro atoms. The Kier molecular flexibility index (Phi) is 2.28. The fourth-order valence-electron chi connectivity index (χ4n) is 1.07. The van der Waals surface area contributed by atoms with Crippen molar-refractivity contribution in [2.75, 3.05) is 19.0 Å². The third-order valence-electron chi connectivity index (χ3n) is 1.67. The summed E-state index contributed by atoms with van der Waals surface area (Å²) in [5, 5.41) is 0. The number of hydrogen-bond donors (Lipinski definition) is 1. The van der Waals surface area contributed by atoms with E-state index in [1.807, 2.05) is 0 Å². The molecule has 4 nitrogen and oxygen atoms in total. The Bertz CT molecular complexity index is 194. The lowest BCUT2D eigenvalue weighted by molar-refractivity contribution is 0.478. The Morgan fingerprint density at radius 2 is 1.80 bits per heavy atom. The minimum Gasteiger partial charge on any atom is -0.317 e. The Morgan fingerprint density at radius 1 is 1.30 bits per heavy atom. The fourth-order valence-corrected chi connectivity index (χ4v) is 2.10. The molecular weight excluding hydrogens is 152 g/mol. The molecule has 0 amide bonds. The zero-order chi connectivity index (χ0) is 7.61. The summed E-state index contributed by atoms with van der Waals surface area (Å²) in [6.45, 7) is 1.30. The van der Waals surface area contributed by atoms with Gasteiger partial charge < -0.3 is 5.73 Å². The van der Waals surface area contributed by atoms with Gasteiger partial charge in [0.2, 0.25) is 10.0 Å². The van der Waals surface area contributed by atoms with Crippen molar-refractivity contribution in [3.05, 3.63) is 0 Å². The van der Waals surface area contributed by atoms with Crippen LogP contribution in [-0.4, -0.2) is 31.7 Å². The molecule has 60 valence electrons. The second kappa shape index (κ2) is 2.86. The van der Waals surface area contributed by atoms with Gasteiger partial charge in [0.05, 0.1) is 0 Å². The van der Waals surface area contributed by atoms with Gasteiger partial charge in [-0.2, -0.15) is 0 Å². The van der Waals surface area contributed by atoms with Gasteiger partial charge in [0.1, 0.15) is 5.88 Å². The molecule has 1 fully saturated rings. The average molecular weight is 164 g/mol. The topological polar surface area (TPSA) is 63.4 Å². The molecule has 0 radical (unpaired) electrons. The van der Waals surface area contributed by atoms with Crippen LogP contribution in [-0.2, 0) is 10.0 Å². The predicted molar refractivity (Wildman–Crippen MR) is 38.8 cm³/mol. The van der Waals surface area contributed by atoms with Gasteiger partial charge in [0.15, 0.2) is 0 Å². The lowest BCUT2D eigenvalue weighted by atomic mass is 10.4. The van der Waals surface area contributed by atoms with E-state index in [0.29, 0.717) is 13.1 Å². The summed E-state index contributed by atoms with van der Waals surface area (Å²) in [6.07, 6.45) is 1.94. The van der Waals surface area contributed by atoms with Crippen LogP contribution in [0.2, 0.25) is 0 Å². The van der Waals surface area contributed by atoms with Crippen LogP contribution in [0, 0.1) is 0 Å². The first-order valence-electron chi connectivity index (χ1n) is 3.35. The molecule has 1 aliphatic rings. The summed E-state index contributed by atoms with van der Waals surface area (Å²) < 4.78 is 23.5.